The first-order chi connectivity index (χ1) is 14.6. The molecule has 0 saturated carbocycles. The molecule has 0 fully saturated rings. The normalized spacial score (nSPS) is 15.1. The number of rotatable bonds is 5. The Morgan fingerprint density at radius 3 is 2.43 bits per heavy atom. The van der Waals surface area contributed by atoms with Gasteiger partial charge in [0, 0.05) is 12.1 Å². The Kier molecular flexibility index (Phi) is 5.80. The number of nitrogens with one attached hydrogen (secondary N) is 1. The van der Waals surface area contributed by atoms with E-state index in [-0.39, 0.29) is 18.4 Å². The number of hydrogen-bond acceptors (Lipinski definition) is 3. The Hall–Kier alpha value is -3.60. The van der Waals surface area contributed by atoms with Gasteiger partial charge in [-0.25, -0.2) is 0 Å². The molecule has 0 bridgehead atoms. The van der Waals surface area contributed by atoms with Crippen molar-refractivity contribution in [3.63, 3.8) is 0 Å². The van der Waals surface area contributed by atoms with E-state index in [9.17, 15) is 9.59 Å². The highest BCUT2D eigenvalue weighted by Gasteiger charge is 2.34. The molecule has 4 rings (SSSR count). The van der Waals surface area contributed by atoms with Gasteiger partial charge < -0.3 is 15.0 Å². The number of nitrogens with zero attached hydrogens (tertiary/aromatic N) is 1. The molecule has 0 aromatic heterocycles. The molecule has 2 amide bonds. The maximum absolute atomic E-state index is 13.2. The molecular weight excluding hydrogens is 376 g/mol. The summed E-state index contributed by atoms with van der Waals surface area (Å²) in [7, 11) is 0. The lowest BCUT2D eigenvalue weighted by Gasteiger charge is -2.34. The van der Waals surface area contributed by atoms with Crippen molar-refractivity contribution in [2.24, 2.45) is 0 Å². The molecule has 1 N–H and O–H groups in total. The topological polar surface area (TPSA) is 58.6 Å². The number of benzene rings is 3. The van der Waals surface area contributed by atoms with Crippen molar-refractivity contribution in [3.05, 3.63) is 95.6 Å². The van der Waals surface area contributed by atoms with E-state index in [1.54, 1.807) is 11.0 Å². The number of ether oxygens (including phenoxy) is 1. The van der Waals surface area contributed by atoms with Crippen LogP contribution in [0, 0.1) is 6.92 Å². The second-order valence-electron chi connectivity index (χ2n) is 7.38. The fraction of sp³-hybridized carbons (Fsp3) is 0.200. The maximum atomic E-state index is 13.2. The number of anilines is 1. The fourth-order valence-corrected chi connectivity index (χ4v) is 3.50. The molecule has 0 saturated heterocycles. The van der Waals surface area contributed by atoms with Crippen molar-refractivity contribution in [1.82, 2.24) is 5.32 Å². The lowest BCUT2D eigenvalue weighted by Crippen LogP contribution is -2.51. The average molecular weight is 400 g/mol. The van der Waals surface area contributed by atoms with Crippen LogP contribution in [0.15, 0.2) is 78.9 Å². The highest BCUT2D eigenvalue weighted by Crippen LogP contribution is 2.34. The predicted octanol–water partition coefficient (Wildman–Crippen LogP) is 3.76. The molecular formula is C25H24N2O3. The zero-order valence-electron chi connectivity index (χ0n) is 16.9. The largest absolute Gasteiger partial charge is 0.477 e. The van der Waals surface area contributed by atoms with Gasteiger partial charge in [0.25, 0.3) is 11.8 Å². The standard InChI is InChI=1S/C25H24N2O3/c1-18-11-13-20(14-12-18)25(29)27-17-23(30-22-10-6-5-9-21(22)27)24(28)26-16-15-19-7-3-2-4-8-19/h2-14,23H,15-17H2,1H3,(H,26,28). The van der Waals surface area contributed by atoms with Crippen LogP contribution in [0.4, 0.5) is 5.69 Å². The molecule has 5 nitrogen and oxygen atoms in total. The third kappa shape index (κ3) is 4.35. The Bertz CT molecular complexity index is 1030. The predicted molar refractivity (Wildman–Crippen MR) is 117 cm³/mol. The van der Waals surface area contributed by atoms with E-state index < -0.39 is 6.10 Å². The van der Waals surface area contributed by atoms with E-state index in [0.29, 0.717) is 23.5 Å². The summed E-state index contributed by atoms with van der Waals surface area (Å²) in [6.07, 6.45) is -0.0212. The van der Waals surface area contributed by atoms with Gasteiger partial charge in [-0.05, 0) is 43.2 Å². The number of hydrogen-bond donors (Lipinski definition) is 1. The van der Waals surface area contributed by atoms with Crippen LogP contribution in [-0.4, -0.2) is 31.0 Å². The van der Waals surface area contributed by atoms with Gasteiger partial charge in [-0.2, -0.15) is 0 Å². The van der Waals surface area contributed by atoms with Gasteiger partial charge in [-0.1, -0.05) is 60.2 Å². The third-order valence-corrected chi connectivity index (χ3v) is 5.17. The monoisotopic (exact) mass is 400 g/mol. The summed E-state index contributed by atoms with van der Waals surface area (Å²) in [6.45, 7) is 2.66. The van der Waals surface area contributed by atoms with E-state index in [1.165, 1.54) is 0 Å². The number of para-hydroxylation sites is 2. The molecule has 0 aliphatic carbocycles. The molecule has 3 aromatic rings. The summed E-state index contributed by atoms with van der Waals surface area (Å²) in [6, 6.07) is 24.7. The number of carbonyl (C=O) groups is 2. The van der Waals surface area contributed by atoms with Gasteiger partial charge >= 0.3 is 0 Å². The Morgan fingerprint density at radius 1 is 0.967 bits per heavy atom. The smallest absolute Gasteiger partial charge is 0.262 e. The SMILES string of the molecule is Cc1ccc(C(=O)N2CC(C(=O)NCCc3ccccc3)Oc3ccccc32)cc1. The van der Waals surface area contributed by atoms with Crippen molar-refractivity contribution in [2.75, 3.05) is 18.0 Å². The minimum absolute atomic E-state index is 0.146. The lowest BCUT2D eigenvalue weighted by atomic mass is 10.1. The average Bonchev–Trinajstić information content (AvgIpc) is 2.79. The first kappa shape index (κ1) is 19.7. The van der Waals surface area contributed by atoms with Crippen LogP contribution in [0.5, 0.6) is 5.75 Å². The van der Waals surface area contributed by atoms with Gasteiger partial charge in [-0.15, -0.1) is 0 Å². The molecule has 1 heterocycles. The molecule has 1 unspecified atom stereocenters. The molecule has 3 aromatic carbocycles. The maximum Gasteiger partial charge on any atom is 0.262 e. The molecule has 152 valence electrons. The molecule has 1 aliphatic heterocycles. The van der Waals surface area contributed by atoms with E-state index in [4.69, 9.17) is 4.74 Å². The molecule has 0 radical (unpaired) electrons. The lowest BCUT2D eigenvalue weighted by molar-refractivity contribution is -0.127. The number of carbonyl (C=O) groups excluding carboxylic acids is 2. The first-order valence-electron chi connectivity index (χ1n) is 10.1. The zero-order valence-corrected chi connectivity index (χ0v) is 16.9. The molecule has 1 atom stereocenters. The first-order valence-corrected chi connectivity index (χ1v) is 10.1. The van der Waals surface area contributed by atoms with Gasteiger partial charge in [0.15, 0.2) is 6.10 Å². The van der Waals surface area contributed by atoms with Crippen molar-refractivity contribution in [2.45, 2.75) is 19.4 Å². The summed E-state index contributed by atoms with van der Waals surface area (Å²) in [5.74, 6) is 0.169. The van der Waals surface area contributed by atoms with Crippen molar-refractivity contribution in [1.29, 1.82) is 0 Å². The van der Waals surface area contributed by atoms with Crippen LogP contribution in [0.2, 0.25) is 0 Å². The van der Waals surface area contributed by atoms with E-state index in [2.05, 4.69) is 5.32 Å². The molecule has 5 heteroatoms. The van der Waals surface area contributed by atoms with Gasteiger partial charge in [-0.3, -0.25) is 9.59 Å². The molecule has 30 heavy (non-hydrogen) atoms. The molecule has 0 spiro atoms. The summed E-state index contributed by atoms with van der Waals surface area (Å²) in [5.41, 5.74) is 3.51. The summed E-state index contributed by atoms with van der Waals surface area (Å²) >= 11 is 0. The van der Waals surface area contributed by atoms with E-state index in [1.807, 2.05) is 79.7 Å². The van der Waals surface area contributed by atoms with E-state index >= 15 is 0 Å². The summed E-state index contributed by atoms with van der Waals surface area (Å²) in [4.78, 5) is 27.6. The minimum Gasteiger partial charge on any atom is -0.477 e. The van der Waals surface area contributed by atoms with Crippen LogP contribution in [-0.2, 0) is 11.2 Å². The number of fused-ring (bicyclic) bond motifs is 1. The van der Waals surface area contributed by atoms with Gasteiger partial charge in [0.2, 0.25) is 0 Å². The summed E-state index contributed by atoms with van der Waals surface area (Å²) < 4.78 is 5.93. The van der Waals surface area contributed by atoms with Crippen LogP contribution >= 0.6 is 0 Å². The highest BCUT2D eigenvalue weighted by molar-refractivity contribution is 6.07. The van der Waals surface area contributed by atoms with Crippen molar-refractivity contribution < 1.29 is 14.3 Å². The Labute approximate surface area is 176 Å². The molecule has 1 aliphatic rings. The minimum atomic E-state index is -0.759. The second kappa shape index (κ2) is 8.82. The zero-order chi connectivity index (χ0) is 20.9. The fourth-order valence-electron chi connectivity index (χ4n) is 3.50. The van der Waals surface area contributed by atoms with Crippen LogP contribution < -0.4 is 15.0 Å². The van der Waals surface area contributed by atoms with Crippen LogP contribution in [0.3, 0.4) is 0 Å². The number of amides is 2. The highest BCUT2D eigenvalue weighted by atomic mass is 16.5. The van der Waals surface area contributed by atoms with Crippen LogP contribution in [0.25, 0.3) is 0 Å². The Morgan fingerprint density at radius 2 is 1.67 bits per heavy atom. The van der Waals surface area contributed by atoms with Crippen molar-refractivity contribution in [3.8, 4) is 5.75 Å². The summed E-state index contributed by atoms with van der Waals surface area (Å²) in [5, 5.41) is 2.94. The number of aryl methyl sites for hydroxylation is 1. The van der Waals surface area contributed by atoms with Crippen LogP contribution in [0.1, 0.15) is 21.5 Å². The third-order valence-electron chi connectivity index (χ3n) is 5.17. The van der Waals surface area contributed by atoms with Gasteiger partial charge in [0.05, 0.1) is 12.2 Å². The quantitative estimate of drug-likeness (QED) is 0.709. The van der Waals surface area contributed by atoms with Crippen molar-refractivity contribution >= 4 is 17.5 Å². The second-order valence-corrected chi connectivity index (χ2v) is 7.38. The van der Waals surface area contributed by atoms with Gasteiger partial charge in [0.1, 0.15) is 5.75 Å². The van der Waals surface area contributed by atoms with E-state index in [0.717, 1.165) is 17.5 Å². The Balaban J connectivity index is 1.48.